The zero-order chi connectivity index (χ0) is 15.1. The number of phenols is 1. The van der Waals surface area contributed by atoms with E-state index < -0.39 is 0 Å². The highest BCUT2D eigenvalue weighted by Crippen LogP contribution is 2.30. The van der Waals surface area contributed by atoms with Crippen LogP contribution in [-0.4, -0.2) is 28.3 Å². The van der Waals surface area contributed by atoms with E-state index in [0.717, 1.165) is 19.4 Å². The Labute approximate surface area is 127 Å². The molecule has 110 valence electrons. The summed E-state index contributed by atoms with van der Waals surface area (Å²) in [6.07, 6.45) is 5.36. The normalized spacial score (nSPS) is 20.5. The Morgan fingerprint density at radius 2 is 2.29 bits per heavy atom. The van der Waals surface area contributed by atoms with E-state index >= 15 is 0 Å². The number of hydrogen-bond donors (Lipinski definition) is 2. The second-order valence-corrected chi connectivity index (χ2v) is 5.90. The van der Waals surface area contributed by atoms with Gasteiger partial charge in [0.05, 0.1) is 30.2 Å². The van der Waals surface area contributed by atoms with Crippen LogP contribution < -0.4 is 10.5 Å². The highest BCUT2D eigenvalue weighted by molar-refractivity contribution is 6.35. The van der Waals surface area contributed by atoms with E-state index in [1.165, 1.54) is 21.5 Å². The molecule has 2 heterocycles. The number of nitrogens with one attached hydrogen (secondary N) is 1. The molecular weight excluding hydrogens is 290 g/mol. The van der Waals surface area contributed by atoms with Crippen LogP contribution in [0.3, 0.4) is 0 Å². The highest BCUT2D eigenvalue weighted by atomic mass is 35.5. The number of allylic oxidation sites excluding steroid dienone is 1. The van der Waals surface area contributed by atoms with Gasteiger partial charge in [-0.1, -0.05) is 11.6 Å². The first-order chi connectivity index (χ1) is 9.99. The lowest BCUT2D eigenvalue weighted by atomic mass is 10.1. The maximum absolute atomic E-state index is 12.6. The van der Waals surface area contributed by atoms with Crippen LogP contribution in [-0.2, 0) is 0 Å². The molecule has 0 aliphatic carbocycles. The number of phenolic OH excluding ortho intramolecular Hbond substituents is 1. The van der Waals surface area contributed by atoms with Gasteiger partial charge >= 0.3 is 0 Å². The number of aromatic nitrogens is 2. The molecule has 1 atom stereocenters. The quantitative estimate of drug-likeness (QED) is 0.831. The van der Waals surface area contributed by atoms with Gasteiger partial charge in [0.25, 0.3) is 5.56 Å². The van der Waals surface area contributed by atoms with Crippen molar-refractivity contribution in [3.8, 4) is 5.75 Å². The first-order valence-electron chi connectivity index (χ1n) is 6.91. The SMILES string of the molecule is Cc1cc(Cl)c2c(=O)n(/C=C3\CCC[NH+]3C)cnc2c1O. The van der Waals surface area contributed by atoms with Gasteiger partial charge in [-0.25, -0.2) is 4.98 Å². The van der Waals surface area contributed by atoms with Gasteiger partial charge in [-0.3, -0.25) is 9.36 Å². The molecule has 1 aromatic carbocycles. The molecule has 0 spiro atoms. The molecule has 5 nitrogen and oxygen atoms in total. The maximum Gasteiger partial charge on any atom is 0.267 e. The van der Waals surface area contributed by atoms with Crippen LogP contribution in [0.5, 0.6) is 5.75 Å². The first-order valence-corrected chi connectivity index (χ1v) is 7.29. The molecule has 1 fully saturated rings. The summed E-state index contributed by atoms with van der Waals surface area (Å²) < 4.78 is 1.45. The Hall–Kier alpha value is -1.85. The van der Waals surface area contributed by atoms with E-state index in [-0.39, 0.29) is 22.2 Å². The van der Waals surface area contributed by atoms with E-state index in [9.17, 15) is 9.90 Å². The standard InChI is InChI=1S/C15H16ClN3O2/c1-9-6-11(16)12-13(14(9)20)17-8-19(15(12)21)7-10-4-3-5-18(10)2/h6-8,20H,3-5H2,1-2H3/p+1/b10-7+. The Kier molecular flexibility index (Phi) is 3.47. The van der Waals surface area contributed by atoms with Crippen molar-refractivity contribution in [3.05, 3.63) is 39.0 Å². The third kappa shape index (κ3) is 2.32. The van der Waals surface area contributed by atoms with Gasteiger partial charge in [-0.15, -0.1) is 0 Å². The summed E-state index contributed by atoms with van der Waals surface area (Å²) in [6.45, 7) is 2.80. The van der Waals surface area contributed by atoms with Crippen molar-refractivity contribution in [1.82, 2.24) is 9.55 Å². The molecule has 21 heavy (non-hydrogen) atoms. The lowest BCUT2D eigenvalue weighted by Gasteiger charge is -2.09. The molecule has 0 radical (unpaired) electrons. The lowest BCUT2D eigenvalue weighted by molar-refractivity contribution is -0.827. The third-order valence-electron chi connectivity index (χ3n) is 4.02. The minimum atomic E-state index is -0.257. The minimum absolute atomic E-state index is 0.00918. The number of hydrogen-bond acceptors (Lipinski definition) is 3. The van der Waals surface area contributed by atoms with Crippen molar-refractivity contribution in [2.75, 3.05) is 13.6 Å². The first kappa shape index (κ1) is 14.1. The Balaban J connectivity index is 2.24. The van der Waals surface area contributed by atoms with Crippen LogP contribution >= 0.6 is 11.6 Å². The number of likely N-dealkylation sites (tertiary alicyclic amines) is 1. The van der Waals surface area contributed by atoms with Gasteiger partial charge in [0, 0.05) is 12.8 Å². The summed E-state index contributed by atoms with van der Waals surface area (Å²) in [5, 5.41) is 10.6. The van der Waals surface area contributed by atoms with Crippen LogP contribution in [0.4, 0.5) is 0 Å². The van der Waals surface area contributed by atoms with Crippen molar-refractivity contribution >= 4 is 28.7 Å². The van der Waals surface area contributed by atoms with Gasteiger partial charge < -0.3 is 10.0 Å². The number of benzene rings is 1. The highest BCUT2D eigenvalue weighted by Gasteiger charge is 2.19. The number of halogens is 1. The van der Waals surface area contributed by atoms with Gasteiger partial charge in [0.1, 0.15) is 23.3 Å². The average Bonchev–Trinajstić information content (AvgIpc) is 2.84. The summed E-state index contributed by atoms with van der Waals surface area (Å²) >= 11 is 6.17. The molecule has 0 amide bonds. The van der Waals surface area contributed by atoms with Gasteiger partial charge in [-0.05, 0) is 18.6 Å². The molecule has 0 saturated carbocycles. The largest absolute Gasteiger partial charge is 0.505 e. The Morgan fingerprint density at radius 3 is 2.95 bits per heavy atom. The molecule has 2 aromatic rings. The van der Waals surface area contributed by atoms with Gasteiger partial charge in [-0.2, -0.15) is 0 Å². The lowest BCUT2D eigenvalue weighted by Crippen LogP contribution is -3.04. The van der Waals surface area contributed by atoms with Crippen LogP contribution in [0.25, 0.3) is 17.1 Å². The minimum Gasteiger partial charge on any atom is -0.505 e. The van der Waals surface area contributed by atoms with Crippen molar-refractivity contribution < 1.29 is 10.0 Å². The summed E-state index contributed by atoms with van der Waals surface area (Å²) in [7, 11) is 2.08. The smallest absolute Gasteiger partial charge is 0.267 e. The molecule has 0 bridgehead atoms. The topological polar surface area (TPSA) is 59.6 Å². The average molecular weight is 307 g/mol. The van der Waals surface area contributed by atoms with E-state index in [4.69, 9.17) is 11.6 Å². The van der Waals surface area contributed by atoms with E-state index in [1.807, 2.05) is 6.20 Å². The number of nitrogens with zero attached hydrogens (tertiary/aromatic N) is 2. The number of rotatable bonds is 1. The second kappa shape index (κ2) is 5.16. The van der Waals surface area contributed by atoms with E-state index in [0.29, 0.717) is 10.6 Å². The maximum atomic E-state index is 12.6. The number of aryl methyl sites for hydroxylation is 1. The molecule has 2 N–H and O–H groups in total. The fourth-order valence-electron chi connectivity index (χ4n) is 2.73. The molecule has 1 aromatic heterocycles. The predicted molar refractivity (Wildman–Crippen MR) is 82.7 cm³/mol. The monoisotopic (exact) mass is 306 g/mol. The van der Waals surface area contributed by atoms with Crippen LogP contribution in [0.15, 0.2) is 22.9 Å². The van der Waals surface area contributed by atoms with E-state index in [1.54, 1.807) is 13.0 Å². The predicted octanol–water partition coefficient (Wildman–Crippen LogP) is 1.17. The Bertz CT molecular complexity index is 811. The number of fused-ring (bicyclic) bond motifs is 1. The zero-order valence-electron chi connectivity index (χ0n) is 12.0. The summed E-state index contributed by atoms with van der Waals surface area (Å²) in [4.78, 5) is 18.1. The summed E-state index contributed by atoms with van der Waals surface area (Å²) in [6, 6.07) is 1.59. The van der Waals surface area contributed by atoms with Crippen molar-refractivity contribution in [3.63, 3.8) is 0 Å². The van der Waals surface area contributed by atoms with Crippen LogP contribution in [0, 0.1) is 6.92 Å². The molecule has 3 rings (SSSR count). The molecule has 1 unspecified atom stereocenters. The third-order valence-corrected chi connectivity index (χ3v) is 4.32. The molecular formula is C15H17ClN3O2+. The number of aromatic hydroxyl groups is 1. The molecule has 1 saturated heterocycles. The number of quaternary nitrogens is 1. The van der Waals surface area contributed by atoms with Crippen LogP contribution in [0.1, 0.15) is 18.4 Å². The van der Waals surface area contributed by atoms with E-state index in [2.05, 4.69) is 12.0 Å². The van der Waals surface area contributed by atoms with Gasteiger partial charge in [0.15, 0.2) is 0 Å². The van der Waals surface area contributed by atoms with Crippen molar-refractivity contribution in [2.45, 2.75) is 19.8 Å². The molecule has 1 aliphatic heterocycles. The Morgan fingerprint density at radius 1 is 1.52 bits per heavy atom. The fraction of sp³-hybridized carbons (Fsp3) is 0.333. The molecule has 1 aliphatic rings. The summed E-state index contributed by atoms with van der Waals surface area (Å²) in [5.74, 6) is 0.00918. The summed E-state index contributed by atoms with van der Waals surface area (Å²) in [5.41, 5.74) is 1.78. The van der Waals surface area contributed by atoms with Crippen molar-refractivity contribution in [1.29, 1.82) is 0 Å². The van der Waals surface area contributed by atoms with Crippen molar-refractivity contribution in [2.24, 2.45) is 0 Å². The fourth-order valence-corrected chi connectivity index (χ4v) is 3.07. The molecule has 6 heteroatoms. The van der Waals surface area contributed by atoms with Crippen LogP contribution in [0.2, 0.25) is 5.02 Å². The van der Waals surface area contributed by atoms with Gasteiger partial charge in [0.2, 0.25) is 0 Å². The second-order valence-electron chi connectivity index (χ2n) is 5.49. The zero-order valence-corrected chi connectivity index (χ0v) is 12.7.